The van der Waals surface area contributed by atoms with Crippen molar-refractivity contribution in [3.63, 3.8) is 0 Å². The molecule has 3 aliphatic heterocycles. The highest BCUT2D eigenvalue weighted by molar-refractivity contribution is 7.99. The van der Waals surface area contributed by atoms with Gasteiger partial charge >= 0.3 is 0 Å². The summed E-state index contributed by atoms with van der Waals surface area (Å²) < 4.78 is 6.23. The zero-order valence-corrected chi connectivity index (χ0v) is 17.9. The van der Waals surface area contributed by atoms with E-state index < -0.39 is 0 Å². The molecule has 0 fully saturated rings. The molecule has 0 amide bonds. The van der Waals surface area contributed by atoms with Crippen molar-refractivity contribution in [1.82, 2.24) is 0 Å². The number of benzene rings is 4. The fourth-order valence-corrected chi connectivity index (χ4v) is 5.52. The number of ether oxygens (including phenoxy) is 1. The van der Waals surface area contributed by atoms with Crippen LogP contribution in [0.5, 0.6) is 11.5 Å². The van der Waals surface area contributed by atoms with Gasteiger partial charge in [0, 0.05) is 0 Å². The lowest BCUT2D eigenvalue weighted by Crippen LogP contribution is -2.13. The Bertz CT molecular complexity index is 1220. The van der Waals surface area contributed by atoms with Gasteiger partial charge < -0.3 is 26.0 Å². The van der Waals surface area contributed by atoms with Crippen molar-refractivity contribution >= 4 is 34.5 Å². The Morgan fingerprint density at radius 2 is 0.938 bits per heavy atom. The van der Waals surface area contributed by atoms with E-state index in [0.29, 0.717) is 0 Å². The lowest BCUT2D eigenvalue weighted by molar-refractivity contribution is 0.453. The van der Waals surface area contributed by atoms with Crippen LogP contribution in [0.15, 0.2) is 94.7 Å². The van der Waals surface area contributed by atoms with Crippen LogP contribution in [0, 0.1) is 0 Å². The predicted octanol–water partition coefficient (Wildman–Crippen LogP) is 7.02. The van der Waals surface area contributed by atoms with E-state index in [4.69, 9.17) is 4.74 Å². The Kier molecular flexibility index (Phi) is 3.83. The number of hydrogen-bond acceptors (Lipinski definition) is 6. The summed E-state index contributed by atoms with van der Waals surface area (Å²) in [7, 11) is 0. The highest BCUT2D eigenvalue weighted by Gasteiger charge is 2.26. The van der Waals surface area contributed by atoms with Gasteiger partial charge in [-0.25, -0.2) is 0 Å². The van der Waals surface area contributed by atoms with E-state index >= 15 is 0 Å². The monoisotopic (exact) mass is 436 g/mol. The highest BCUT2D eigenvalue weighted by Crippen LogP contribution is 2.49. The second-order valence-corrected chi connectivity index (χ2v) is 9.23. The third kappa shape index (κ3) is 2.87. The van der Waals surface area contributed by atoms with Crippen LogP contribution >= 0.6 is 11.8 Å². The molecule has 0 aromatic heterocycles. The van der Waals surface area contributed by atoms with Gasteiger partial charge in [0.05, 0.1) is 32.5 Å². The average Bonchev–Trinajstić information content (AvgIpc) is 3.46. The minimum Gasteiger partial charge on any atom is -0.455 e. The molecule has 4 aromatic carbocycles. The molecular weight excluding hydrogens is 416 g/mol. The van der Waals surface area contributed by atoms with Gasteiger partial charge in [0.25, 0.3) is 0 Å². The summed E-state index contributed by atoms with van der Waals surface area (Å²) in [6, 6.07) is 29.4. The molecule has 0 aliphatic carbocycles. The molecule has 3 aliphatic rings. The van der Waals surface area contributed by atoms with E-state index in [0.717, 1.165) is 44.0 Å². The molecule has 7 rings (SSSR count). The molecular formula is C26H20N4OS. The summed E-state index contributed by atoms with van der Waals surface area (Å²) in [5.74, 6) is 1.80. The molecule has 0 spiro atoms. The van der Waals surface area contributed by atoms with Crippen LogP contribution in [0.1, 0.15) is 23.5 Å². The number of para-hydroxylation sites is 4. The largest absolute Gasteiger partial charge is 0.455 e. The molecule has 0 atom stereocenters. The first-order valence-electron chi connectivity index (χ1n) is 10.7. The van der Waals surface area contributed by atoms with Crippen LogP contribution in [0.2, 0.25) is 0 Å². The third-order valence-electron chi connectivity index (χ3n) is 6.10. The quantitative estimate of drug-likeness (QED) is 0.239. The maximum atomic E-state index is 6.23. The SMILES string of the molecule is c1ccc2c(c1)NC(c1ccc3c(c1)Sc1cc(C4Nc5ccccc5N4)ccc1O3)N2. The van der Waals surface area contributed by atoms with E-state index in [1.807, 2.05) is 24.3 Å². The topological polar surface area (TPSA) is 57.3 Å². The van der Waals surface area contributed by atoms with Crippen LogP contribution in [-0.4, -0.2) is 0 Å². The standard InChI is InChI=1S/C26H20N4OS/c1-2-6-18-17(5-1)27-25(28-18)15-9-11-21-23(13-15)32-24-14-16(10-12-22(24)31-21)26-29-19-7-3-4-8-20(19)30-26/h1-14,25-30H. The Balaban J connectivity index is 1.15. The molecule has 0 saturated carbocycles. The van der Waals surface area contributed by atoms with Crippen LogP contribution in [-0.2, 0) is 0 Å². The van der Waals surface area contributed by atoms with Gasteiger partial charge in [-0.2, -0.15) is 0 Å². The van der Waals surface area contributed by atoms with Crippen molar-refractivity contribution in [1.29, 1.82) is 0 Å². The van der Waals surface area contributed by atoms with Crippen LogP contribution < -0.4 is 26.0 Å². The Hall–Kier alpha value is -3.77. The van der Waals surface area contributed by atoms with Gasteiger partial charge in [-0.3, -0.25) is 0 Å². The number of nitrogens with one attached hydrogen (secondary N) is 4. The summed E-state index contributed by atoms with van der Waals surface area (Å²) in [6.45, 7) is 0. The number of hydrogen-bond donors (Lipinski definition) is 4. The summed E-state index contributed by atoms with van der Waals surface area (Å²) in [5.41, 5.74) is 6.90. The zero-order chi connectivity index (χ0) is 21.1. The lowest BCUT2D eigenvalue weighted by Gasteiger charge is -2.23. The molecule has 3 heterocycles. The minimum atomic E-state index is 0.0522. The molecule has 156 valence electrons. The van der Waals surface area contributed by atoms with Crippen LogP contribution in [0.25, 0.3) is 0 Å². The lowest BCUT2D eigenvalue weighted by atomic mass is 10.1. The molecule has 4 N–H and O–H groups in total. The third-order valence-corrected chi connectivity index (χ3v) is 7.17. The van der Waals surface area contributed by atoms with Crippen LogP contribution in [0.3, 0.4) is 0 Å². The Morgan fingerprint density at radius 1 is 0.531 bits per heavy atom. The van der Waals surface area contributed by atoms with Crippen molar-refractivity contribution in [2.75, 3.05) is 21.3 Å². The number of rotatable bonds is 2. The molecule has 4 aromatic rings. The van der Waals surface area contributed by atoms with Gasteiger partial charge in [-0.15, -0.1) is 0 Å². The van der Waals surface area contributed by atoms with E-state index in [1.165, 1.54) is 11.1 Å². The van der Waals surface area contributed by atoms with E-state index in [9.17, 15) is 0 Å². The predicted molar refractivity (Wildman–Crippen MR) is 130 cm³/mol. The first kappa shape index (κ1) is 17.9. The molecule has 5 nitrogen and oxygen atoms in total. The summed E-state index contributed by atoms with van der Waals surface area (Å²) in [6.07, 6.45) is 0.104. The fraction of sp³-hybridized carbons (Fsp3) is 0.0769. The van der Waals surface area contributed by atoms with Crippen LogP contribution in [0.4, 0.5) is 22.7 Å². The molecule has 0 radical (unpaired) electrons. The summed E-state index contributed by atoms with van der Waals surface area (Å²) in [5, 5.41) is 14.2. The van der Waals surface area contributed by atoms with Gasteiger partial charge in [0.2, 0.25) is 0 Å². The molecule has 0 bridgehead atoms. The summed E-state index contributed by atoms with van der Waals surface area (Å²) in [4.78, 5) is 2.25. The van der Waals surface area contributed by atoms with Gasteiger partial charge in [0.15, 0.2) is 0 Å². The molecule has 6 heteroatoms. The average molecular weight is 437 g/mol. The van der Waals surface area contributed by atoms with Gasteiger partial charge in [-0.05, 0) is 59.7 Å². The second kappa shape index (κ2) is 6.87. The van der Waals surface area contributed by atoms with E-state index in [2.05, 4.69) is 81.9 Å². The summed E-state index contributed by atoms with van der Waals surface area (Å²) >= 11 is 1.76. The maximum Gasteiger partial charge on any atom is 0.141 e. The minimum absolute atomic E-state index is 0.0522. The zero-order valence-electron chi connectivity index (χ0n) is 17.1. The smallest absolute Gasteiger partial charge is 0.141 e. The number of fused-ring (bicyclic) bond motifs is 4. The van der Waals surface area contributed by atoms with E-state index in [1.54, 1.807) is 11.8 Å². The Labute approximate surface area is 190 Å². The van der Waals surface area contributed by atoms with Crippen molar-refractivity contribution in [3.8, 4) is 11.5 Å². The fourth-order valence-electron chi connectivity index (χ4n) is 4.47. The normalized spacial score (nSPS) is 15.8. The first-order chi connectivity index (χ1) is 15.8. The first-order valence-corrected chi connectivity index (χ1v) is 11.5. The van der Waals surface area contributed by atoms with E-state index in [-0.39, 0.29) is 12.3 Å². The van der Waals surface area contributed by atoms with Gasteiger partial charge in [0.1, 0.15) is 23.8 Å². The number of anilines is 4. The Morgan fingerprint density at radius 3 is 1.34 bits per heavy atom. The highest BCUT2D eigenvalue weighted by atomic mass is 32.2. The van der Waals surface area contributed by atoms with Crippen molar-refractivity contribution in [2.45, 2.75) is 22.1 Å². The molecule has 32 heavy (non-hydrogen) atoms. The van der Waals surface area contributed by atoms with Crippen molar-refractivity contribution < 1.29 is 4.74 Å². The molecule has 0 unspecified atom stereocenters. The van der Waals surface area contributed by atoms with Crippen molar-refractivity contribution in [2.24, 2.45) is 0 Å². The second-order valence-electron chi connectivity index (χ2n) is 8.15. The molecule has 0 saturated heterocycles. The maximum absolute atomic E-state index is 6.23. The van der Waals surface area contributed by atoms with Crippen molar-refractivity contribution in [3.05, 3.63) is 96.1 Å². The van der Waals surface area contributed by atoms with Gasteiger partial charge in [-0.1, -0.05) is 48.2 Å².